The number of allylic oxidation sites excluding steroid dienone is 1. The van der Waals surface area contributed by atoms with Crippen LogP contribution in [-0.4, -0.2) is 63.7 Å². The summed E-state index contributed by atoms with van der Waals surface area (Å²) < 4.78 is 5.56. The Morgan fingerprint density at radius 2 is 1.85 bits per heavy atom. The number of carbonyl (C=O) groups is 3. The minimum atomic E-state index is -1.21. The van der Waals surface area contributed by atoms with Gasteiger partial charge in [-0.2, -0.15) is 0 Å². The van der Waals surface area contributed by atoms with E-state index < -0.39 is 35.2 Å². The number of hydrogen-bond acceptors (Lipinski definition) is 5. The zero-order valence-electron chi connectivity index (χ0n) is 17.2. The number of nitrogens with zero attached hydrogens (tertiary/aromatic N) is 2. The summed E-state index contributed by atoms with van der Waals surface area (Å²) in [4.78, 5) is 41.3. The number of hydrogen-bond donors (Lipinski definition) is 1. The molecule has 0 aromatic carbocycles. The molecular formula is C20H30N2O5. The zero-order valence-corrected chi connectivity index (χ0v) is 17.2. The van der Waals surface area contributed by atoms with Gasteiger partial charge in [-0.15, -0.1) is 0 Å². The molecule has 0 aromatic rings. The van der Waals surface area contributed by atoms with Crippen LogP contribution in [0.1, 0.15) is 48.0 Å². The Morgan fingerprint density at radius 3 is 2.37 bits per heavy atom. The van der Waals surface area contributed by atoms with Crippen molar-refractivity contribution in [3.8, 4) is 0 Å². The van der Waals surface area contributed by atoms with Crippen LogP contribution in [0.3, 0.4) is 0 Å². The van der Waals surface area contributed by atoms with Gasteiger partial charge in [0.05, 0.1) is 17.9 Å². The average molecular weight is 378 g/mol. The van der Waals surface area contributed by atoms with Gasteiger partial charge in [-0.05, 0) is 45.6 Å². The van der Waals surface area contributed by atoms with E-state index in [9.17, 15) is 19.5 Å². The van der Waals surface area contributed by atoms with Crippen LogP contribution in [0.25, 0.3) is 0 Å². The number of aliphatic hydroxyl groups is 1. The molecule has 0 saturated carbocycles. The molecule has 0 radical (unpaired) electrons. The second kappa shape index (κ2) is 6.06. The first-order chi connectivity index (χ1) is 12.3. The third-order valence-electron chi connectivity index (χ3n) is 6.10. The predicted molar refractivity (Wildman–Crippen MR) is 98.6 cm³/mol. The highest BCUT2D eigenvalue weighted by Crippen LogP contribution is 2.57. The zero-order chi connectivity index (χ0) is 20.5. The molecule has 0 spiro atoms. The van der Waals surface area contributed by atoms with Crippen molar-refractivity contribution in [2.75, 3.05) is 13.6 Å². The summed E-state index contributed by atoms with van der Waals surface area (Å²) in [7, 11) is 1.48. The van der Waals surface area contributed by atoms with Crippen LogP contribution < -0.4 is 0 Å². The van der Waals surface area contributed by atoms with Crippen molar-refractivity contribution in [3.05, 3.63) is 11.1 Å². The van der Waals surface area contributed by atoms with Gasteiger partial charge in [-0.1, -0.05) is 19.4 Å². The van der Waals surface area contributed by atoms with Crippen LogP contribution in [-0.2, 0) is 14.3 Å². The topological polar surface area (TPSA) is 87.2 Å². The highest BCUT2D eigenvalue weighted by atomic mass is 16.6. The Bertz CT molecular complexity index is 735. The second-order valence-corrected chi connectivity index (χ2v) is 9.36. The number of imide groups is 1. The van der Waals surface area contributed by atoms with Crippen LogP contribution in [0, 0.1) is 17.8 Å². The smallest absolute Gasteiger partial charge is 0.411 e. The lowest BCUT2D eigenvalue weighted by Crippen LogP contribution is -2.77. The molecule has 2 saturated heterocycles. The molecule has 3 aliphatic rings. The molecule has 7 heteroatoms. The molecule has 0 unspecified atom stereocenters. The van der Waals surface area contributed by atoms with E-state index >= 15 is 0 Å². The Morgan fingerprint density at radius 1 is 1.26 bits per heavy atom. The Labute approximate surface area is 160 Å². The quantitative estimate of drug-likeness (QED) is 0.586. The van der Waals surface area contributed by atoms with Gasteiger partial charge in [0, 0.05) is 13.6 Å². The molecule has 2 fully saturated rings. The minimum Gasteiger partial charge on any atom is -0.444 e. The third-order valence-corrected chi connectivity index (χ3v) is 6.10. The number of carbonyl (C=O) groups excluding carboxylic acids is 3. The molecule has 3 rings (SSSR count). The molecule has 150 valence electrons. The van der Waals surface area contributed by atoms with Gasteiger partial charge in [0.25, 0.3) is 0 Å². The van der Waals surface area contributed by atoms with Gasteiger partial charge in [0.1, 0.15) is 11.1 Å². The highest BCUT2D eigenvalue weighted by molar-refractivity contribution is 6.07. The third kappa shape index (κ3) is 2.62. The lowest BCUT2D eigenvalue weighted by molar-refractivity contribution is -0.149. The van der Waals surface area contributed by atoms with Gasteiger partial charge < -0.3 is 9.84 Å². The van der Waals surface area contributed by atoms with E-state index in [2.05, 4.69) is 0 Å². The fourth-order valence-electron chi connectivity index (χ4n) is 4.92. The standard InChI is InChI=1S/C20H30N2O5/c1-10(2)15(23)20-13(9-22(20)18(26)27-19(4,5)6)11(3)8-12-14(20)17(25)21(7)16(12)24/h10,12,14-15,23H,8-9H2,1-7H3/t12-,14+,15+,20+/m1/s1. The molecule has 4 atom stereocenters. The molecule has 2 aliphatic heterocycles. The van der Waals surface area contributed by atoms with E-state index in [-0.39, 0.29) is 17.7 Å². The van der Waals surface area contributed by atoms with Gasteiger partial charge in [-0.3, -0.25) is 19.4 Å². The van der Waals surface area contributed by atoms with E-state index in [0.29, 0.717) is 13.0 Å². The SMILES string of the molecule is CC1=C2CN(C(=O)OC(C)(C)C)[C@]2([C@@H](O)C(C)C)[C@@H]2C(=O)N(C)C(=O)[C@@H]2C1. The maximum Gasteiger partial charge on any atom is 0.411 e. The molecule has 27 heavy (non-hydrogen) atoms. The first-order valence-electron chi connectivity index (χ1n) is 9.53. The number of likely N-dealkylation sites (tertiary alicyclic amines) is 2. The largest absolute Gasteiger partial charge is 0.444 e. The fraction of sp³-hybridized carbons (Fsp3) is 0.750. The molecule has 7 nitrogen and oxygen atoms in total. The maximum atomic E-state index is 13.0. The van der Waals surface area contributed by atoms with Crippen LogP contribution in [0.2, 0.25) is 0 Å². The Kier molecular flexibility index (Phi) is 4.45. The Balaban J connectivity index is 2.15. The monoisotopic (exact) mass is 378 g/mol. The number of fused-ring (bicyclic) bond motifs is 3. The first-order valence-corrected chi connectivity index (χ1v) is 9.53. The number of rotatable bonds is 2. The highest BCUT2D eigenvalue weighted by Gasteiger charge is 2.71. The number of amides is 3. The van der Waals surface area contributed by atoms with Crippen LogP contribution in [0.5, 0.6) is 0 Å². The van der Waals surface area contributed by atoms with Gasteiger partial charge in [0.15, 0.2) is 0 Å². The van der Waals surface area contributed by atoms with Crippen molar-refractivity contribution in [1.29, 1.82) is 0 Å². The summed E-state index contributed by atoms with van der Waals surface area (Å²) in [6, 6.07) is 0. The summed E-state index contributed by atoms with van der Waals surface area (Å²) in [5.41, 5.74) is -0.0313. The summed E-state index contributed by atoms with van der Waals surface area (Å²) in [5, 5.41) is 11.2. The molecular weight excluding hydrogens is 348 g/mol. The molecule has 2 heterocycles. The fourth-order valence-corrected chi connectivity index (χ4v) is 4.92. The first kappa shape index (κ1) is 19.9. The lowest BCUT2D eigenvalue weighted by atomic mass is 9.56. The van der Waals surface area contributed by atoms with E-state index in [1.54, 1.807) is 20.8 Å². The van der Waals surface area contributed by atoms with Crippen molar-refractivity contribution >= 4 is 17.9 Å². The van der Waals surface area contributed by atoms with E-state index in [0.717, 1.165) is 16.0 Å². The summed E-state index contributed by atoms with van der Waals surface area (Å²) >= 11 is 0. The van der Waals surface area contributed by atoms with Crippen molar-refractivity contribution in [1.82, 2.24) is 9.80 Å². The summed E-state index contributed by atoms with van der Waals surface area (Å²) in [6.45, 7) is 11.3. The van der Waals surface area contributed by atoms with Crippen LogP contribution >= 0.6 is 0 Å². The van der Waals surface area contributed by atoms with Crippen molar-refractivity contribution in [2.24, 2.45) is 17.8 Å². The molecule has 1 N–H and O–H groups in total. The predicted octanol–water partition coefficient (Wildman–Crippen LogP) is 1.94. The van der Waals surface area contributed by atoms with Gasteiger partial charge in [-0.25, -0.2) is 4.79 Å². The lowest BCUT2D eigenvalue weighted by Gasteiger charge is -2.62. The summed E-state index contributed by atoms with van der Waals surface area (Å²) in [5.74, 6) is -2.10. The number of aliphatic hydroxyl groups excluding tert-OH is 1. The van der Waals surface area contributed by atoms with Crippen molar-refractivity contribution in [3.63, 3.8) is 0 Å². The number of ether oxygens (including phenoxy) is 1. The van der Waals surface area contributed by atoms with E-state index in [4.69, 9.17) is 4.74 Å². The van der Waals surface area contributed by atoms with Gasteiger partial charge >= 0.3 is 6.09 Å². The maximum absolute atomic E-state index is 13.0. The van der Waals surface area contributed by atoms with Gasteiger partial charge in [0.2, 0.25) is 11.8 Å². The Hall–Kier alpha value is -1.89. The summed E-state index contributed by atoms with van der Waals surface area (Å²) in [6.07, 6.45) is -1.04. The molecule has 0 bridgehead atoms. The van der Waals surface area contributed by atoms with Crippen molar-refractivity contribution in [2.45, 2.75) is 65.2 Å². The molecule has 1 aliphatic carbocycles. The average Bonchev–Trinajstić information content (AvgIpc) is 2.70. The molecule has 3 amide bonds. The molecule has 0 aromatic heterocycles. The van der Waals surface area contributed by atoms with Crippen molar-refractivity contribution < 1.29 is 24.2 Å². The van der Waals surface area contributed by atoms with Crippen LogP contribution in [0.4, 0.5) is 4.79 Å². The van der Waals surface area contributed by atoms with E-state index in [1.807, 2.05) is 20.8 Å². The minimum absolute atomic E-state index is 0.203. The normalized spacial score (nSPS) is 31.7. The second-order valence-electron chi connectivity index (χ2n) is 9.36. The van der Waals surface area contributed by atoms with Crippen LogP contribution in [0.15, 0.2) is 11.1 Å². The van der Waals surface area contributed by atoms with E-state index in [1.165, 1.54) is 11.9 Å².